The third kappa shape index (κ3) is 3.14. The van der Waals surface area contributed by atoms with Gasteiger partial charge in [0.2, 0.25) is 0 Å². The highest BCUT2D eigenvalue weighted by molar-refractivity contribution is 6.33. The van der Waals surface area contributed by atoms with Crippen molar-refractivity contribution in [3.63, 3.8) is 0 Å². The first kappa shape index (κ1) is 19.3. The molecule has 0 atom stereocenters. The highest BCUT2D eigenvalue weighted by atomic mass is 35.5. The predicted octanol–water partition coefficient (Wildman–Crippen LogP) is 6.69. The van der Waals surface area contributed by atoms with E-state index in [1.165, 1.54) is 35.4 Å². The second-order valence-corrected chi connectivity index (χ2v) is 7.26. The molecule has 0 unspecified atom stereocenters. The van der Waals surface area contributed by atoms with E-state index in [1.54, 1.807) is 43.5 Å². The fourth-order valence-corrected chi connectivity index (χ4v) is 3.79. The van der Waals surface area contributed by atoms with E-state index >= 15 is 0 Å². The van der Waals surface area contributed by atoms with Crippen molar-refractivity contribution in [2.45, 2.75) is 6.92 Å². The van der Waals surface area contributed by atoms with Gasteiger partial charge in [-0.25, -0.2) is 13.5 Å². The number of benzene rings is 2. The van der Waals surface area contributed by atoms with Gasteiger partial charge in [-0.15, -0.1) is 0 Å². The molecule has 2 aromatic carbocycles. The molecule has 5 rings (SSSR count). The van der Waals surface area contributed by atoms with Crippen LogP contribution in [0, 0.1) is 18.6 Å². The molecule has 0 amide bonds. The monoisotopic (exact) mass is 437 g/mol. The Kier molecular flexibility index (Phi) is 4.67. The third-order valence-electron chi connectivity index (χ3n) is 5.04. The summed E-state index contributed by atoms with van der Waals surface area (Å²) in [6.45, 7) is 1.78. The fraction of sp³-hybridized carbons (Fsp3) is 0.0435. The van der Waals surface area contributed by atoms with Crippen molar-refractivity contribution in [3.05, 3.63) is 89.6 Å². The van der Waals surface area contributed by atoms with Gasteiger partial charge in [0.05, 0.1) is 46.1 Å². The lowest BCUT2D eigenvalue weighted by atomic mass is 9.98. The van der Waals surface area contributed by atoms with Gasteiger partial charge < -0.3 is 8.94 Å². The van der Waals surface area contributed by atoms with Gasteiger partial charge in [-0.2, -0.15) is 5.10 Å². The van der Waals surface area contributed by atoms with Crippen LogP contribution in [0.1, 0.15) is 5.69 Å². The Morgan fingerprint density at radius 3 is 2.52 bits per heavy atom. The molecule has 0 aliphatic heterocycles. The first-order valence-electron chi connectivity index (χ1n) is 9.32. The summed E-state index contributed by atoms with van der Waals surface area (Å²) in [6, 6.07) is 12.4. The molecule has 5 aromatic rings. The Morgan fingerprint density at radius 1 is 0.968 bits per heavy atom. The maximum atomic E-state index is 14.7. The van der Waals surface area contributed by atoms with Crippen molar-refractivity contribution in [3.8, 4) is 39.4 Å². The van der Waals surface area contributed by atoms with Crippen LogP contribution in [0.3, 0.4) is 0 Å². The third-order valence-corrected chi connectivity index (χ3v) is 5.35. The molecule has 0 fully saturated rings. The summed E-state index contributed by atoms with van der Waals surface area (Å²) in [4.78, 5) is 0. The summed E-state index contributed by atoms with van der Waals surface area (Å²) >= 11 is 6.28. The average molecular weight is 438 g/mol. The van der Waals surface area contributed by atoms with E-state index in [9.17, 15) is 8.78 Å². The summed E-state index contributed by atoms with van der Waals surface area (Å²) in [6.07, 6.45) is 4.55. The number of hydrogen-bond donors (Lipinski definition) is 0. The maximum absolute atomic E-state index is 14.7. The van der Waals surface area contributed by atoms with Gasteiger partial charge in [0.15, 0.2) is 5.76 Å². The van der Waals surface area contributed by atoms with Crippen LogP contribution in [0.15, 0.2) is 76.2 Å². The van der Waals surface area contributed by atoms with Crippen LogP contribution in [0.25, 0.3) is 39.4 Å². The topological polar surface area (TPSA) is 57.0 Å². The van der Waals surface area contributed by atoms with Gasteiger partial charge in [-0.05, 0) is 37.3 Å². The van der Waals surface area contributed by atoms with Crippen LogP contribution in [0.4, 0.5) is 8.78 Å². The van der Waals surface area contributed by atoms with E-state index in [2.05, 4.69) is 10.3 Å². The van der Waals surface area contributed by atoms with E-state index < -0.39 is 11.6 Å². The van der Waals surface area contributed by atoms with Crippen molar-refractivity contribution >= 4 is 11.6 Å². The first-order valence-corrected chi connectivity index (χ1v) is 9.70. The average Bonchev–Trinajstić information content (AvgIpc) is 3.48. The molecule has 3 heterocycles. The number of hydrogen-bond acceptors (Lipinski definition) is 4. The Labute approximate surface area is 180 Å². The highest BCUT2D eigenvalue weighted by Gasteiger charge is 2.27. The van der Waals surface area contributed by atoms with Gasteiger partial charge in [0.25, 0.3) is 0 Å². The van der Waals surface area contributed by atoms with Crippen molar-refractivity contribution in [2.75, 3.05) is 0 Å². The zero-order chi connectivity index (χ0) is 21.5. The number of aromatic nitrogens is 3. The van der Waals surface area contributed by atoms with Crippen molar-refractivity contribution in [2.24, 2.45) is 0 Å². The minimum absolute atomic E-state index is 0.120. The molecule has 0 bridgehead atoms. The molecule has 0 N–H and O–H groups in total. The lowest BCUT2D eigenvalue weighted by Gasteiger charge is -2.07. The minimum Gasteiger partial charge on any atom is -0.472 e. The molecule has 0 radical (unpaired) electrons. The second-order valence-electron chi connectivity index (χ2n) is 6.85. The van der Waals surface area contributed by atoms with Crippen LogP contribution in [0.5, 0.6) is 0 Å². The predicted molar refractivity (Wildman–Crippen MR) is 112 cm³/mol. The van der Waals surface area contributed by atoms with Crippen LogP contribution in [-0.2, 0) is 0 Å². The Morgan fingerprint density at radius 2 is 1.77 bits per heavy atom. The lowest BCUT2D eigenvalue weighted by molar-refractivity contribution is 0.434. The van der Waals surface area contributed by atoms with Crippen LogP contribution in [0.2, 0.25) is 5.02 Å². The molecule has 0 saturated heterocycles. The first-order chi connectivity index (χ1) is 15.1. The number of rotatable bonds is 4. The Balaban J connectivity index is 1.74. The Hall–Kier alpha value is -3.71. The smallest absolute Gasteiger partial charge is 0.178 e. The van der Waals surface area contributed by atoms with Gasteiger partial charge >= 0.3 is 0 Å². The van der Waals surface area contributed by atoms with Crippen LogP contribution < -0.4 is 0 Å². The molecular formula is C23H14ClF2N3O2. The number of nitrogens with zero attached hydrogens (tertiary/aromatic N) is 3. The Bertz CT molecular complexity index is 1370. The molecule has 154 valence electrons. The lowest BCUT2D eigenvalue weighted by Crippen LogP contribution is -2.01. The van der Waals surface area contributed by atoms with Crippen molar-refractivity contribution in [1.82, 2.24) is 14.9 Å². The van der Waals surface area contributed by atoms with E-state index in [-0.39, 0.29) is 16.3 Å². The quantitative estimate of drug-likeness (QED) is 0.314. The summed E-state index contributed by atoms with van der Waals surface area (Å²) in [5.41, 5.74) is 2.98. The zero-order valence-electron chi connectivity index (χ0n) is 16.1. The largest absolute Gasteiger partial charge is 0.472 e. The highest BCUT2D eigenvalue weighted by Crippen LogP contribution is 2.43. The molecular weight excluding hydrogens is 424 g/mol. The van der Waals surface area contributed by atoms with E-state index in [4.69, 9.17) is 20.5 Å². The summed E-state index contributed by atoms with van der Waals surface area (Å²) in [5.74, 6) is -0.599. The molecule has 0 saturated carbocycles. The number of para-hydroxylation sites is 1. The second kappa shape index (κ2) is 7.52. The fourth-order valence-electron chi connectivity index (χ4n) is 3.54. The van der Waals surface area contributed by atoms with E-state index in [0.29, 0.717) is 33.8 Å². The van der Waals surface area contributed by atoms with Gasteiger partial charge in [-0.1, -0.05) is 35.0 Å². The maximum Gasteiger partial charge on any atom is 0.178 e. The van der Waals surface area contributed by atoms with Crippen LogP contribution >= 0.6 is 11.6 Å². The normalized spacial score (nSPS) is 11.2. The molecule has 3 aromatic heterocycles. The van der Waals surface area contributed by atoms with Gasteiger partial charge in [0, 0.05) is 5.56 Å². The molecule has 5 nitrogen and oxygen atoms in total. The van der Waals surface area contributed by atoms with Crippen molar-refractivity contribution in [1.29, 1.82) is 0 Å². The summed E-state index contributed by atoms with van der Waals surface area (Å²) in [7, 11) is 0. The molecule has 0 aliphatic carbocycles. The van der Waals surface area contributed by atoms with E-state index in [0.717, 1.165) is 0 Å². The standard InChI is InChI=1S/C23H14ClF2N3O2/c1-13-15(11-27-29(13)19-8-3-2-6-17(19)25)23-20(14-9-10-30-12-14)22(28-31-23)21-16(24)5-4-7-18(21)26/h2-12H,1H3. The molecule has 31 heavy (non-hydrogen) atoms. The molecule has 0 spiro atoms. The summed E-state index contributed by atoms with van der Waals surface area (Å²) < 4.78 is 41.4. The van der Waals surface area contributed by atoms with Gasteiger partial charge in [-0.3, -0.25) is 0 Å². The van der Waals surface area contributed by atoms with E-state index in [1.807, 2.05) is 0 Å². The van der Waals surface area contributed by atoms with Crippen LogP contribution in [-0.4, -0.2) is 14.9 Å². The molecule has 0 aliphatic rings. The van der Waals surface area contributed by atoms with Crippen molar-refractivity contribution < 1.29 is 17.7 Å². The minimum atomic E-state index is -0.532. The summed E-state index contributed by atoms with van der Waals surface area (Å²) in [5, 5.41) is 8.65. The number of halogens is 3. The zero-order valence-corrected chi connectivity index (χ0v) is 16.9. The number of furan rings is 1. The van der Waals surface area contributed by atoms with Gasteiger partial charge in [0.1, 0.15) is 23.0 Å². The SMILES string of the molecule is Cc1c(-c2onc(-c3c(F)cccc3Cl)c2-c2ccoc2)cnn1-c1ccccc1F. The molecule has 8 heteroatoms.